The lowest BCUT2D eigenvalue weighted by atomic mass is 9.92. The van der Waals surface area contributed by atoms with Crippen molar-refractivity contribution in [1.82, 2.24) is 9.61 Å². The topological polar surface area (TPSA) is 174 Å². The maximum atomic E-state index is 11.0. The van der Waals surface area contributed by atoms with Crippen molar-refractivity contribution in [2.24, 2.45) is 0 Å². The van der Waals surface area contributed by atoms with Crippen molar-refractivity contribution >= 4 is 29.7 Å². The average Bonchev–Trinajstić information content (AvgIpc) is 3.74. The molecule has 1 unspecified atom stereocenters. The maximum Gasteiger partial charge on any atom is 0.324 e. The van der Waals surface area contributed by atoms with Crippen LogP contribution in [0.3, 0.4) is 0 Å². The van der Waals surface area contributed by atoms with E-state index in [1.807, 2.05) is 36.4 Å². The van der Waals surface area contributed by atoms with Crippen LogP contribution in [-0.2, 0) is 47.3 Å². The van der Waals surface area contributed by atoms with Gasteiger partial charge in [-0.15, -0.1) is 0 Å². The highest BCUT2D eigenvalue weighted by atomic mass is 32.5. The quantitative estimate of drug-likeness (QED) is 0.0396. The summed E-state index contributed by atoms with van der Waals surface area (Å²) in [5, 5.41) is 36.3. The Bertz CT molecular complexity index is 1610. The molecule has 1 aromatic carbocycles. The zero-order valence-electron chi connectivity index (χ0n) is 32.5. The first-order chi connectivity index (χ1) is 26.7. The van der Waals surface area contributed by atoms with E-state index in [0.29, 0.717) is 24.4 Å². The minimum Gasteiger partial charge on any atom is -0.397 e. The predicted molar refractivity (Wildman–Crippen MR) is 218 cm³/mol. The molecule has 1 saturated heterocycles. The molecule has 12 nitrogen and oxygen atoms in total. The second kappa shape index (κ2) is 24.3. The number of fused-ring (bicyclic) bond motifs is 1. The fraction of sp³-hybridized carbons (Fsp3) is 0.659. The minimum absolute atomic E-state index is 0.0956. The number of nitrogen functional groups attached to an aromatic ring is 1. The lowest BCUT2D eigenvalue weighted by Crippen LogP contribution is -2.41. The second-order valence-corrected chi connectivity index (χ2v) is 17.4. The molecule has 3 heterocycles. The largest absolute Gasteiger partial charge is 0.397 e. The van der Waals surface area contributed by atoms with Gasteiger partial charge in [-0.3, -0.25) is 0 Å². The van der Waals surface area contributed by atoms with Crippen LogP contribution in [0.4, 0.5) is 5.69 Å². The van der Waals surface area contributed by atoms with Gasteiger partial charge in [-0.2, -0.15) is 10.4 Å². The summed E-state index contributed by atoms with van der Waals surface area (Å²) in [6.07, 6.45) is 17.4. The standard InChI is InChI=1S/C41H63N4O8PS/c1-2-3-4-5-6-7-8-9-10-11-12-13-14-15-16-20-27-49-29-34(50-28-33-21-18-17-19-22-33)30-51-54(48,55)52-31-37-39(46)40(47)41(32-42,53-37)38-24-23-36-35(43)25-26-44-45(36)38/h17-19,21-26,34,37,39-40,46-47H,2-16,20,27-31,43H2,1H3,(H,48,55)/t34-,37-,39-,40-,41+,54?/m1/s1. The van der Waals surface area contributed by atoms with E-state index >= 15 is 0 Å². The first-order valence-electron chi connectivity index (χ1n) is 20.2. The number of hydrogen-bond donors (Lipinski definition) is 4. The number of nitrogens with two attached hydrogens (primary N) is 1. The first-order valence-corrected chi connectivity index (χ1v) is 22.8. The van der Waals surface area contributed by atoms with Gasteiger partial charge in [0.2, 0.25) is 5.60 Å². The zero-order chi connectivity index (χ0) is 39.4. The molecule has 55 heavy (non-hydrogen) atoms. The molecule has 1 aliphatic heterocycles. The molecule has 0 amide bonds. The summed E-state index contributed by atoms with van der Waals surface area (Å²) < 4.78 is 30.6. The van der Waals surface area contributed by atoms with Crippen molar-refractivity contribution in [2.45, 2.75) is 146 Å². The molecule has 0 bridgehead atoms. The summed E-state index contributed by atoms with van der Waals surface area (Å²) in [4.78, 5) is 10.9. The number of benzene rings is 1. The van der Waals surface area contributed by atoms with Crippen LogP contribution in [0.1, 0.15) is 121 Å². The van der Waals surface area contributed by atoms with Gasteiger partial charge in [0.1, 0.15) is 30.5 Å². The molecular weight excluding hydrogens is 740 g/mol. The van der Waals surface area contributed by atoms with Gasteiger partial charge in [0.05, 0.1) is 43.3 Å². The molecular formula is C41H63N4O8PS. The van der Waals surface area contributed by atoms with Crippen molar-refractivity contribution < 1.29 is 38.4 Å². The van der Waals surface area contributed by atoms with Gasteiger partial charge in [-0.25, -0.2) is 4.52 Å². The summed E-state index contributed by atoms with van der Waals surface area (Å²) in [5.74, 6) is 0. The Balaban J connectivity index is 1.15. The normalized spacial score (nSPS) is 21.5. The van der Waals surface area contributed by atoms with Crippen molar-refractivity contribution in [3.8, 4) is 6.07 Å². The van der Waals surface area contributed by atoms with Gasteiger partial charge in [0.15, 0.2) is 0 Å². The van der Waals surface area contributed by atoms with Gasteiger partial charge in [0.25, 0.3) is 0 Å². The smallest absolute Gasteiger partial charge is 0.324 e. The van der Waals surface area contributed by atoms with E-state index in [-0.39, 0.29) is 18.9 Å². The SMILES string of the molecule is CCCCCCCCCCCCCCCCCCOC[C@H](COP(O)(=S)OC[C@H]1O[C@@](C#N)(c2ccc3c(N)ccnn23)[C@H](O)[C@@H]1O)OCc1ccccc1. The van der Waals surface area contributed by atoms with E-state index < -0.39 is 43.3 Å². The number of anilines is 1. The molecule has 0 radical (unpaired) electrons. The van der Waals surface area contributed by atoms with E-state index in [9.17, 15) is 20.4 Å². The number of rotatable bonds is 29. The summed E-state index contributed by atoms with van der Waals surface area (Å²) >= 11 is 5.28. The second-order valence-electron chi connectivity index (χ2n) is 14.6. The van der Waals surface area contributed by atoms with Gasteiger partial charge < -0.3 is 44.1 Å². The molecule has 3 aromatic rings. The molecule has 14 heteroatoms. The number of aliphatic hydroxyl groups excluding tert-OH is 2. The highest BCUT2D eigenvalue weighted by Gasteiger charge is 2.57. The van der Waals surface area contributed by atoms with E-state index in [4.69, 9.17) is 40.8 Å². The van der Waals surface area contributed by atoms with Gasteiger partial charge in [0, 0.05) is 12.8 Å². The zero-order valence-corrected chi connectivity index (χ0v) is 34.2. The van der Waals surface area contributed by atoms with Crippen LogP contribution in [0.5, 0.6) is 0 Å². The van der Waals surface area contributed by atoms with Gasteiger partial charge in [-0.05, 0) is 42.0 Å². The molecule has 6 atom stereocenters. The predicted octanol–water partition coefficient (Wildman–Crippen LogP) is 7.87. The number of aromatic nitrogens is 2. The Morgan fingerprint density at radius 2 is 1.51 bits per heavy atom. The Labute approximate surface area is 332 Å². The van der Waals surface area contributed by atoms with Crippen molar-refractivity contribution in [2.75, 3.05) is 32.2 Å². The molecule has 1 aliphatic rings. The fourth-order valence-corrected chi connectivity index (χ4v) is 8.05. The first kappa shape index (κ1) is 45.2. The number of nitriles is 1. The number of hydrogen-bond acceptors (Lipinski definition) is 11. The third-order valence-corrected chi connectivity index (χ3v) is 11.8. The van der Waals surface area contributed by atoms with Crippen molar-refractivity contribution in [3.05, 3.63) is 66.0 Å². The summed E-state index contributed by atoms with van der Waals surface area (Å²) in [6.45, 7) is -0.991. The average molecular weight is 803 g/mol. The van der Waals surface area contributed by atoms with Crippen LogP contribution >= 0.6 is 6.72 Å². The lowest BCUT2D eigenvalue weighted by molar-refractivity contribution is -0.0660. The highest BCUT2D eigenvalue weighted by Crippen LogP contribution is 2.46. The molecule has 5 N–H and O–H groups in total. The maximum absolute atomic E-state index is 11.0. The number of ether oxygens (including phenoxy) is 3. The number of nitrogens with zero attached hydrogens (tertiary/aromatic N) is 3. The third-order valence-electron chi connectivity index (χ3n) is 10.2. The number of aliphatic hydroxyl groups is 2. The molecule has 1 fully saturated rings. The van der Waals surface area contributed by atoms with Crippen LogP contribution < -0.4 is 5.73 Å². The molecule has 2 aromatic heterocycles. The molecule has 0 spiro atoms. The van der Waals surface area contributed by atoms with Gasteiger partial charge >= 0.3 is 6.72 Å². The Kier molecular flexibility index (Phi) is 20.0. The highest BCUT2D eigenvalue weighted by molar-refractivity contribution is 8.07. The molecule has 306 valence electrons. The van der Waals surface area contributed by atoms with E-state index in [0.717, 1.165) is 18.4 Å². The van der Waals surface area contributed by atoms with Crippen molar-refractivity contribution in [1.29, 1.82) is 5.26 Å². The van der Waals surface area contributed by atoms with E-state index in [2.05, 4.69) is 12.0 Å². The van der Waals surface area contributed by atoms with Crippen LogP contribution in [0.15, 0.2) is 54.7 Å². The lowest BCUT2D eigenvalue weighted by Gasteiger charge is -2.25. The minimum atomic E-state index is -3.87. The Morgan fingerprint density at radius 3 is 2.13 bits per heavy atom. The summed E-state index contributed by atoms with van der Waals surface area (Å²) in [6, 6.07) is 16.5. The fourth-order valence-electron chi connectivity index (χ4n) is 6.92. The van der Waals surface area contributed by atoms with Crippen LogP contribution in [0, 0.1) is 11.3 Å². The molecule has 0 aliphatic carbocycles. The third kappa shape index (κ3) is 14.5. The summed E-state index contributed by atoms with van der Waals surface area (Å²) in [5.41, 5.74) is 6.14. The van der Waals surface area contributed by atoms with Gasteiger partial charge in [-0.1, -0.05) is 134 Å². The number of unbranched alkanes of at least 4 members (excludes halogenated alkanes) is 15. The molecule has 4 rings (SSSR count). The Morgan fingerprint density at radius 1 is 0.891 bits per heavy atom. The van der Waals surface area contributed by atoms with Crippen LogP contribution in [0.2, 0.25) is 0 Å². The summed E-state index contributed by atoms with van der Waals surface area (Å²) in [7, 11) is 0. The molecule has 0 saturated carbocycles. The van der Waals surface area contributed by atoms with E-state index in [1.165, 1.54) is 101 Å². The van der Waals surface area contributed by atoms with Crippen molar-refractivity contribution in [3.63, 3.8) is 0 Å². The van der Waals surface area contributed by atoms with Crippen LogP contribution in [0.25, 0.3) is 5.52 Å². The van der Waals surface area contributed by atoms with E-state index in [1.54, 1.807) is 18.2 Å². The monoisotopic (exact) mass is 802 g/mol. The van der Waals surface area contributed by atoms with Crippen LogP contribution in [-0.4, -0.2) is 75.6 Å². The Hall–Kier alpha value is -2.47.